The number of piperazine rings is 1. The quantitative estimate of drug-likeness (QED) is 0.759. The Labute approximate surface area is 143 Å². The van der Waals surface area contributed by atoms with Crippen LogP contribution in [0.4, 0.5) is 0 Å². The van der Waals surface area contributed by atoms with Gasteiger partial charge in [0.1, 0.15) is 0 Å². The van der Waals surface area contributed by atoms with Crippen molar-refractivity contribution < 1.29 is 9.59 Å². The second-order valence-corrected chi connectivity index (χ2v) is 7.98. The van der Waals surface area contributed by atoms with Crippen molar-refractivity contribution in [3.05, 3.63) is 0 Å². The molecule has 2 saturated heterocycles. The Bertz CT molecular complexity index is 413. The molecule has 0 aromatic heterocycles. The molecule has 2 atom stereocenters. The molecule has 0 bridgehead atoms. The number of rotatable bonds is 6. The molecule has 6 nitrogen and oxygen atoms in total. The third kappa shape index (κ3) is 5.65. The lowest BCUT2D eigenvalue weighted by Crippen LogP contribution is -2.54. The molecule has 0 saturated carbocycles. The van der Waals surface area contributed by atoms with Gasteiger partial charge >= 0.3 is 0 Å². The Balaban J connectivity index is 1.69. The Morgan fingerprint density at radius 1 is 1.26 bits per heavy atom. The predicted octanol–water partition coefficient (Wildman–Crippen LogP) is 0.440. The highest BCUT2D eigenvalue weighted by atomic mass is 32.2. The van der Waals surface area contributed by atoms with Crippen LogP contribution in [-0.4, -0.2) is 89.5 Å². The summed E-state index contributed by atoms with van der Waals surface area (Å²) in [7, 11) is 0. The average molecular weight is 343 g/mol. The summed E-state index contributed by atoms with van der Waals surface area (Å²) in [4.78, 5) is 30.6. The van der Waals surface area contributed by atoms with Crippen LogP contribution in [0.25, 0.3) is 0 Å². The number of carbonyl (C=O) groups is 2. The zero-order valence-corrected chi connectivity index (χ0v) is 15.4. The van der Waals surface area contributed by atoms with Gasteiger partial charge in [0.05, 0.1) is 18.5 Å². The minimum atomic E-state index is 0.0919. The molecular weight excluding hydrogens is 312 g/mol. The molecular formula is C16H30N4O2S. The minimum Gasteiger partial charge on any atom is -0.353 e. The molecule has 2 fully saturated rings. The maximum Gasteiger partial charge on any atom is 0.236 e. The van der Waals surface area contributed by atoms with E-state index in [0.29, 0.717) is 6.54 Å². The van der Waals surface area contributed by atoms with Crippen molar-refractivity contribution in [3.8, 4) is 0 Å². The highest BCUT2D eigenvalue weighted by Gasteiger charge is 2.28. The summed E-state index contributed by atoms with van der Waals surface area (Å²) in [5, 5.41) is 3.11. The van der Waals surface area contributed by atoms with Crippen molar-refractivity contribution >= 4 is 23.6 Å². The fourth-order valence-electron chi connectivity index (χ4n) is 2.87. The van der Waals surface area contributed by atoms with Gasteiger partial charge < -0.3 is 10.2 Å². The molecule has 1 N–H and O–H groups in total. The van der Waals surface area contributed by atoms with E-state index >= 15 is 0 Å². The van der Waals surface area contributed by atoms with Gasteiger partial charge in [-0.1, -0.05) is 6.92 Å². The van der Waals surface area contributed by atoms with Gasteiger partial charge in [-0.05, 0) is 20.3 Å². The van der Waals surface area contributed by atoms with Gasteiger partial charge in [0.15, 0.2) is 0 Å². The lowest BCUT2D eigenvalue weighted by atomic mass is 10.2. The summed E-state index contributed by atoms with van der Waals surface area (Å²) in [5.74, 6) is 1.41. The monoisotopic (exact) mass is 342 g/mol. The van der Waals surface area contributed by atoms with Crippen molar-refractivity contribution in [2.45, 2.75) is 38.5 Å². The van der Waals surface area contributed by atoms with E-state index < -0.39 is 0 Å². The van der Waals surface area contributed by atoms with E-state index in [0.717, 1.165) is 51.6 Å². The first-order chi connectivity index (χ1) is 11.0. The molecule has 2 aliphatic heterocycles. The summed E-state index contributed by atoms with van der Waals surface area (Å²) in [6, 6.07) is 0.244. The van der Waals surface area contributed by atoms with Gasteiger partial charge in [-0.3, -0.25) is 19.4 Å². The maximum absolute atomic E-state index is 12.2. The van der Waals surface area contributed by atoms with Crippen LogP contribution in [0.1, 0.15) is 27.2 Å². The normalized spacial score (nSPS) is 25.4. The van der Waals surface area contributed by atoms with Gasteiger partial charge in [-0.2, -0.15) is 0 Å². The highest BCUT2D eigenvalue weighted by Crippen LogP contribution is 2.19. The molecule has 2 amide bonds. The van der Waals surface area contributed by atoms with E-state index in [2.05, 4.69) is 22.0 Å². The molecule has 0 radical (unpaired) electrons. The standard InChI is InChI=1S/C16H30N4O2S/c1-4-13(2)17-15(21)11-18-5-7-19(8-6-18)12-20-9-10-23-14(3)16(20)22/h13-14H,4-12H2,1-3H3,(H,17,21)/t13-,14+/m1/s1. The highest BCUT2D eigenvalue weighted by molar-refractivity contribution is 8.00. The number of nitrogens with one attached hydrogen (secondary N) is 1. The summed E-state index contributed by atoms with van der Waals surface area (Å²) in [6.07, 6.45) is 0.958. The molecule has 132 valence electrons. The van der Waals surface area contributed by atoms with Crippen molar-refractivity contribution in [3.63, 3.8) is 0 Å². The topological polar surface area (TPSA) is 55.9 Å². The third-order valence-corrected chi connectivity index (χ3v) is 5.73. The van der Waals surface area contributed by atoms with Crippen LogP contribution in [0.5, 0.6) is 0 Å². The second kappa shape index (κ2) is 8.89. The molecule has 0 aliphatic carbocycles. The fourth-order valence-corrected chi connectivity index (χ4v) is 3.85. The van der Waals surface area contributed by atoms with Crippen molar-refractivity contribution in [2.24, 2.45) is 0 Å². The number of amides is 2. The van der Waals surface area contributed by atoms with Crippen LogP contribution in [0, 0.1) is 0 Å². The summed E-state index contributed by atoms with van der Waals surface area (Å²) >= 11 is 1.74. The summed E-state index contributed by atoms with van der Waals surface area (Å²) in [6.45, 7) is 11.8. The molecule has 0 unspecified atom stereocenters. The molecule has 7 heteroatoms. The Kier molecular flexibility index (Phi) is 7.17. The van der Waals surface area contributed by atoms with Crippen LogP contribution in [0.2, 0.25) is 0 Å². The zero-order valence-electron chi connectivity index (χ0n) is 14.6. The lowest BCUT2D eigenvalue weighted by molar-refractivity contribution is -0.133. The number of hydrogen-bond acceptors (Lipinski definition) is 5. The van der Waals surface area contributed by atoms with Crippen LogP contribution < -0.4 is 5.32 Å². The van der Waals surface area contributed by atoms with E-state index in [4.69, 9.17) is 0 Å². The first kappa shape index (κ1) is 18.5. The minimum absolute atomic E-state index is 0.0919. The van der Waals surface area contributed by atoms with Crippen molar-refractivity contribution in [1.29, 1.82) is 0 Å². The van der Waals surface area contributed by atoms with E-state index in [1.165, 1.54) is 0 Å². The summed E-state index contributed by atoms with van der Waals surface area (Å²) in [5.41, 5.74) is 0. The number of hydrogen-bond donors (Lipinski definition) is 1. The number of nitrogens with zero attached hydrogens (tertiary/aromatic N) is 3. The first-order valence-corrected chi connectivity index (χ1v) is 9.69. The number of carbonyl (C=O) groups excluding carboxylic acids is 2. The average Bonchev–Trinajstić information content (AvgIpc) is 2.53. The lowest BCUT2D eigenvalue weighted by Gasteiger charge is -2.39. The smallest absolute Gasteiger partial charge is 0.236 e. The van der Waals surface area contributed by atoms with Crippen molar-refractivity contribution in [1.82, 2.24) is 20.0 Å². The van der Waals surface area contributed by atoms with Gasteiger partial charge in [-0.25, -0.2) is 0 Å². The van der Waals surface area contributed by atoms with Crippen LogP contribution in [0.3, 0.4) is 0 Å². The molecule has 0 aromatic rings. The molecule has 0 spiro atoms. The Hall–Kier alpha value is -0.790. The largest absolute Gasteiger partial charge is 0.353 e. The Morgan fingerprint density at radius 3 is 2.57 bits per heavy atom. The molecule has 2 rings (SSSR count). The molecule has 0 aromatic carbocycles. The van der Waals surface area contributed by atoms with E-state index in [1.54, 1.807) is 11.8 Å². The third-order valence-electron chi connectivity index (χ3n) is 4.61. The first-order valence-electron chi connectivity index (χ1n) is 8.64. The van der Waals surface area contributed by atoms with Gasteiger partial charge in [0, 0.05) is 44.5 Å². The van der Waals surface area contributed by atoms with Crippen LogP contribution in [0.15, 0.2) is 0 Å². The SMILES string of the molecule is CC[C@@H](C)NC(=O)CN1CCN(CN2CCS[C@@H](C)C2=O)CC1. The fraction of sp³-hybridized carbons (Fsp3) is 0.875. The van der Waals surface area contributed by atoms with E-state index in [1.807, 2.05) is 18.7 Å². The van der Waals surface area contributed by atoms with Gasteiger partial charge in [0.2, 0.25) is 11.8 Å². The maximum atomic E-state index is 12.2. The number of thioether (sulfide) groups is 1. The van der Waals surface area contributed by atoms with Crippen LogP contribution in [-0.2, 0) is 9.59 Å². The van der Waals surface area contributed by atoms with Gasteiger partial charge in [0.25, 0.3) is 0 Å². The van der Waals surface area contributed by atoms with Crippen LogP contribution >= 0.6 is 11.8 Å². The Morgan fingerprint density at radius 2 is 1.91 bits per heavy atom. The zero-order chi connectivity index (χ0) is 16.8. The van der Waals surface area contributed by atoms with E-state index in [-0.39, 0.29) is 23.1 Å². The second-order valence-electron chi connectivity index (χ2n) is 6.53. The van der Waals surface area contributed by atoms with Gasteiger partial charge in [-0.15, -0.1) is 11.8 Å². The van der Waals surface area contributed by atoms with Crippen molar-refractivity contribution in [2.75, 3.05) is 51.7 Å². The van der Waals surface area contributed by atoms with E-state index in [9.17, 15) is 9.59 Å². The molecule has 2 heterocycles. The molecule has 2 aliphatic rings. The summed E-state index contributed by atoms with van der Waals surface area (Å²) < 4.78 is 0. The predicted molar refractivity (Wildman–Crippen MR) is 94.4 cm³/mol. The molecule has 23 heavy (non-hydrogen) atoms.